The highest BCUT2D eigenvalue weighted by Crippen LogP contribution is 2.37. The molecule has 1 aromatic carbocycles. The zero-order valence-electron chi connectivity index (χ0n) is 9.58. The molecular formula is C13H9ClF3NO. The summed E-state index contributed by atoms with van der Waals surface area (Å²) in [6.07, 6.45) is -3.23. The van der Waals surface area contributed by atoms with Crippen molar-refractivity contribution in [1.29, 1.82) is 0 Å². The number of aliphatic hydroxyl groups excluding tert-OH is 1. The average Bonchev–Trinajstić information content (AvgIpc) is 2.37. The largest absolute Gasteiger partial charge is 0.417 e. The summed E-state index contributed by atoms with van der Waals surface area (Å²) in [6, 6.07) is 6.49. The Morgan fingerprint density at radius 1 is 1.21 bits per heavy atom. The van der Waals surface area contributed by atoms with Crippen LogP contribution in [0.25, 0.3) is 11.3 Å². The van der Waals surface area contributed by atoms with Gasteiger partial charge in [0.05, 0.1) is 22.9 Å². The van der Waals surface area contributed by atoms with E-state index in [0.29, 0.717) is 0 Å². The van der Waals surface area contributed by atoms with Gasteiger partial charge in [0.25, 0.3) is 0 Å². The first-order valence-corrected chi connectivity index (χ1v) is 5.73. The quantitative estimate of drug-likeness (QED) is 0.908. The summed E-state index contributed by atoms with van der Waals surface area (Å²) in [6.45, 7) is -0.435. The molecule has 0 radical (unpaired) electrons. The van der Waals surface area contributed by atoms with Crippen molar-refractivity contribution in [3.63, 3.8) is 0 Å². The first-order valence-electron chi connectivity index (χ1n) is 5.35. The second-order valence-corrected chi connectivity index (χ2v) is 4.30. The van der Waals surface area contributed by atoms with E-state index < -0.39 is 18.3 Å². The summed E-state index contributed by atoms with van der Waals surface area (Å²) in [5, 5.41) is 9.48. The Balaban J connectivity index is 2.66. The van der Waals surface area contributed by atoms with Crippen LogP contribution in [0.4, 0.5) is 13.2 Å². The van der Waals surface area contributed by atoms with Crippen molar-refractivity contribution in [1.82, 2.24) is 4.98 Å². The van der Waals surface area contributed by atoms with Crippen LogP contribution in [-0.4, -0.2) is 10.1 Å². The molecule has 0 saturated heterocycles. The summed E-state index contributed by atoms with van der Waals surface area (Å²) < 4.78 is 38.8. The molecule has 100 valence electrons. The number of halogens is 4. The molecule has 0 aliphatic rings. The Bertz CT molecular complexity index is 599. The minimum absolute atomic E-state index is 0.0734. The highest BCUT2D eigenvalue weighted by atomic mass is 35.5. The first kappa shape index (κ1) is 13.8. The lowest BCUT2D eigenvalue weighted by molar-refractivity contribution is -0.137. The molecule has 2 rings (SSSR count). The van der Waals surface area contributed by atoms with Crippen molar-refractivity contribution in [2.45, 2.75) is 12.8 Å². The van der Waals surface area contributed by atoms with E-state index >= 15 is 0 Å². The van der Waals surface area contributed by atoms with Gasteiger partial charge in [-0.05, 0) is 12.1 Å². The van der Waals surface area contributed by atoms with E-state index in [1.54, 1.807) is 0 Å². The highest BCUT2D eigenvalue weighted by molar-refractivity contribution is 6.30. The molecule has 0 amide bonds. The number of aliphatic hydroxyl groups is 1. The number of rotatable bonds is 2. The molecule has 0 bridgehead atoms. The van der Waals surface area contributed by atoms with Gasteiger partial charge >= 0.3 is 6.18 Å². The molecule has 1 heterocycles. The fraction of sp³-hybridized carbons (Fsp3) is 0.154. The minimum Gasteiger partial charge on any atom is -0.392 e. The number of pyridine rings is 1. The Morgan fingerprint density at radius 3 is 2.53 bits per heavy atom. The summed E-state index contributed by atoms with van der Waals surface area (Å²) in [4.78, 5) is 3.90. The van der Waals surface area contributed by atoms with Crippen LogP contribution in [0.3, 0.4) is 0 Å². The van der Waals surface area contributed by atoms with Crippen LogP contribution in [-0.2, 0) is 12.8 Å². The Labute approximate surface area is 112 Å². The van der Waals surface area contributed by atoms with Gasteiger partial charge in [0.15, 0.2) is 0 Å². The molecule has 0 saturated carbocycles. The normalized spacial score (nSPS) is 11.6. The number of hydrogen-bond donors (Lipinski definition) is 1. The van der Waals surface area contributed by atoms with Crippen LogP contribution < -0.4 is 0 Å². The molecule has 0 unspecified atom stereocenters. The molecule has 0 aliphatic carbocycles. The van der Waals surface area contributed by atoms with E-state index in [1.807, 2.05) is 0 Å². The SMILES string of the molecule is OCc1cc(Cl)cnc1-c1ccccc1C(F)(F)F. The molecule has 0 atom stereocenters. The second-order valence-electron chi connectivity index (χ2n) is 3.86. The molecule has 0 aliphatic heterocycles. The van der Waals surface area contributed by atoms with Crippen molar-refractivity contribution in [3.05, 3.63) is 52.7 Å². The molecule has 19 heavy (non-hydrogen) atoms. The molecule has 0 fully saturated rings. The van der Waals surface area contributed by atoms with E-state index in [1.165, 1.54) is 30.5 Å². The molecule has 2 aromatic rings. The monoisotopic (exact) mass is 287 g/mol. The van der Waals surface area contributed by atoms with Gasteiger partial charge in [-0.3, -0.25) is 4.98 Å². The number of nitrogens with zero attached hydrogens (tertiary/aromatic N) is 1. The lowest BCUT2D eigenvalue weighted by Gasteiger charge is -2.14. The molecule has 6 heteroatoms. The van der Waals surface area contributed by atoms with Crippen LogP contribution in [0.15, 0.2) is 36.5 Å². The van der Waals surface area contributed by atoms with E-state index in [2.05, 4.69) is 4.98 Å². The lowest BCUT2D eigenvalue weighted by atomic mass is 10.0. The van der Waals surface area contributed by atoms with Crippen molar-refractivity contribution < 1.29 is 18.3 Å². The fourth-order valence-corrected chi connectivity index (χ4v) is 1.96. The van der Waals surface area contributed by atoms with Crippen LogP contribution in [0.1, 0.15) is 11.1 Å². The summed E-state index contributed by atoms with van der Waals surface area (Å²) in [5.74, 6) is 0. The maximum absolute atomic E-state index is 12.9. The number of aromatic nitrogens is 1. The Kier molecular flexibility index (Phi) is 3.78. The smallest absolute Gasteiger partial charge is 0.392 e. The molecule has 1 aromatic heterocycles. The summed E-state index contributed by atoms with van der Waals surface area (Å²) >= 11 is 5.72. The van der Waals surface area contributed by atoms with E-state index in [-0.39, 0.29) is 21.8 Å². The number of alkyl halides is 3. The van der Waals surface area contributed by atoms with E-state index in [9.17, 15) is 18.3 Å². The van der Waals surface area contributed by atoms with Crippen LogP contribution in [0, 0.1) is 0 Å². The zero-order chi connectivity index (χ0) is 14.0. The third-order valence-corrected chi connectivity index (χ3v) is 2.80. The first-order chi connectivity index (χ1) is 8.93. The molecular weight excluding hydrogens is 279 g/mol. The zero-order valence-corrected chi connectivity index (χ0v) is 10.3. The third-order valence-electron chi connectivity index (χ3n) is 2.59. The topological polar surface area (TPSA) is 33.1 Å². The van der Waals surface area contributed by atoms with Gasteiger partial charge in [-0.15, -0.1) is 0 Å². The summed E-state index contributed by atoms with van der Waals surface area (Å²) in [7, 11) is 0. The molecule has 0 spiro atoms. The number of hydrogen-bond acceptors (Lipinski definition) is 2. The molecule has 2 nitrogen and oxygen atoms in total. The van der Waals surface area contributed by atoms with Crippen molar-refractivity contribution in [3.8, 4) is 11.3 Å². The predicted molar refractivity (Wildman–Crippen MR) is 65.6 cm³/mol. The lowest BCUT2D eigenvalue weighted by Crippen LogP contribution is -2.08. The predicted octanol–water partition coefficient (Wildman–Crippen LogP) is 3.91. The maximum atomic E-state index is 12.9. The molecule has 1 N–H and O–H groups in total. The standard InChI is InChI=1S/C13H9ClF3NO/c14-9-5-8(7-19)12(18-6-9)10-3-1-2-4-11(10)13(15,16)17/h1-6,19H,7H2. The van der Waals surface area contributed by atoms with Crippen LogP contribution in [0.2, 0.25) is 5.02 Å². The van der Waals surface area contributed by atoms with E-state index in [4.69, 9.17) is 11.6 Å². The second kappa shape index (κ2) is 5.19. The van der Waals surface area contributed by atoms with Crippen molar-refractivity contribution in [2.24, 2.45) is 0 Å². The van der Waals surface area contributed by atoms with E-state index in [0.717, 1.165) is 6.07 Å². The fourth-order valence-electron chi connectivity index (χ4n) is 1.78. The van der Waals surface area contributed by atoms with Crippen LogP contribution >= 0.6 is 11.6 Å². The number of benzene rings is 1. The maximum Gasteiger partial charge on any atom is 0.417 e. The van der Waals surface area contributed by atoms with Gasteiger partial charge in [-0.2, -0.15) is 13.2 Å². The van der Waals surface area contributed by atoms with Gasteiger partial charge in [0.2, 0.25) is 0 Å². The van der Waals surface area contributed by atoms with Gasteiger partial charge in [0, 0.05) is 17.3 Å². The van der Waals surface area contributed by atoms with Crippen molar-refractivity contribution >= 4 is 11.6 Å². The minimum atomic E-state index is -4.48. The van der Waals surface area contributed by atoms with Gasteiger partial charge in [0.1, 0.15) is 0 Å². The van der Waals surface area contributed by atoms with Crippen molar-refractivity contribution in [2.75, 3.05) is 0 Å². The average molecular weight is 288 g/mol. The van der Waals surface area contributed by atoms with Crippen LogP contribution in [0.5, 0.6) is 0 Å². The summed E-state index contributed by atoms with van der Waals surface area (Å²) in [5.41, 5.74) is -0.528. The Morgan fingerprint density at radius 2 is 1.89 bits per heavy atom. The Hall–Kier alpha value is -1.59. The van der Waals surface area contributed by atoms with Gasteiger partial charge < -0.3 is 5.11 Å². The highest BCUT2D eigenvalue weighted by Gasteiger charge is 2.34. The third kappa shape index (κ3) is 2.88. The van der Waals surface area contributed by atoms with Gasteiger partial charge in [-0.25, -0.2) is 0 Å². The van der Waals surface area contributed by atoms with Gasteiger partial charge in [-0.1, -0.05) is 29.8 Å².